The minimum absolute atomic E-state index is 0.150. The van der Waals surface area contributed by atoms with E-state index in [1.54, 1.807) is 61.6 Å². The van der Waals surface area contributed by atoms with Crippen molar-refractivity contribution in [3.05, 3.63) is 96.2 Å². The highest BCUT2D eigenvalue weighted by Gasteiger charge is 2.21. The summed E-state index contributed by atoms with van der Waals surface area (Å²) in [4.78, 5) is 12.5. The Kier molecular flexibility index (Phi) is 8.95. The summed E-state index contributed by atoms with van der Waals surface area (Å²) < 4.78 is 30.1. The standard InChI is InChI=1S/C30H37N5O4S/c1-30(2,16-18-35-17-15-22-19-24(13-14-27(22)35)29(37)32-34(3)4)31-21-28(36)23-9-8-10-25(20-23)33-40(38,39)26-11-6-5-7-12-26/h5-15,17,19-20,28,31,33,36H,16,18,21H2,1-4H3,(H,32,37)/t28-/m0/s1. The number of carbonyl (C=O) groups excluding carboxylic acids is 1. The fourth-order valence-corrected chi connectivity index (χ4v) is 5.48. The largest absolute Gasteiger partial charge is 0.387 e. The molecule has 40 heavy (non-hydrogen) atoms. The van der Waals surface area contributed by atoms with Gasteiger partial charge in [0.25, 0.3) is 15.9 Å². The van der Waals surface area contributed by atoms with Gasteiger partial charge in [0, 0.05) is 61.1 Å². The van der Waals surface area contributed by atoms with Crippen molar-refractivity contribution in [1.29, 1.82) is 0 Å². The molecule has 0 spiro atoms. The van der Waals surface area contributed by atoms with Crippen LogP contribution in [0.1, 0.15) is 42.3 Å². The molecule has 10 heteroatoms. The summed E-state index contributed by atoms with van der Waals surface area (Å²) in [6, 6.07) is 22.7. The third-order valence-electron chi connectivity index (χ3n) is 6.69. The zero-order valence-corrected chi connectivity index (χ0v) is 24.1. The van der Waals surface area contributed by atoms with Gasteiger partial charge in [0.05, 0.1) is 11.0 Å². The van der Waals surface area contributed by atoms with Gasteiger partial charge >= 0.3 is 0 Å². The number of aromatic nitrogens is 1. The Labute approximate surface area is 235 Å². The molecule has 4 rings (SSSR count). The van der Waals surface area contributed by atoms with E-state index in [4.69, 9.17) is 0 Å². The van der Waals surface area contributed by atoms with Gasteiger partial charge < -0.3 is 15.0 Å². The second-order valence-corrected chi connectivity index (χ2v) is 12.4. The molecule has 1 heterocycles. The lowest BCUT2D eigenvalue weighted by atomic mass is 9.99. The van der Waals surface area contributed by atoms with Crippen LogP contribution < -0.4 is 15.5 Å². The number of benzene rings is 3. The third kappa shape index (κ3) is 7.48. The van der Waals surface area contributed by atoms with Crippen LogP contribution in [-0.4, -0.2) is 55.2 Å². The Balaban J connectivity index is 1.34. The predicted molar refractivity (Wildman–Crippen MR) is 158 cm³/mol. The number of hydrazine groups is 1. The number of aliphatic hydroxyl groups is 1. The van der Waals surface area contributed by atoms with E-state index in [2.05, 4.69) is 33.9 Å². The predicted octanol–water partition coefficient (Wildman–Crippen LogP) is 4.14. The molecular weight excluding hydrogens is 526 g/mol. The zero-order valence-electron chi connectivity index (χ0n) is 23.3. The topological polar surface area (TPSA) is 116 Å². The molecule has 0 aliphatic heterocycles. The first-order chi connectivity index (χ1) is 18.9. The second-order valence-electron chi connectivity index (χ2n) is 10.7. The van der Waals surface area contributed by atoms with Crippen LogP contribution in [0, 0.1) is 0 Å². The maximum atomic E-state index is 12.7. The van der Waals surface area contributed by atoms with Crippen LogP contribution >= 0.6 is 0 Å². The fourth-order valence-electron chi connectivity index (χ4n) is 4.41. The number of anilines is 1. The number of sulfonamides is 1. The molecule has 1 atom stereocenters. The molecule has 3 aromatic carbocycles. The Hall–Kier alpha value is -3.70. The van der Waals surface area contributed by atoms with E-state index in [1.807, 2.05) is 30.5 Å². The van der Waals surface area contributed by atoms with E-state index in [0.717, 1.165) is 23.9 Å². The van der Waals surface area contributed by atoms with Gasteiger partial charge in [-0.15, -0.1) is 0 Å². The van der Waals surface area contributed by atoms with E-state index < -0.39 is 16.1 Å². The molecule has 9 nitrogen and oxygen atoms in total. The zero-order chi connectivity index (χ0) is 28.9. The van der Waals surface area contributed by atoms with Crippen molar-refractivity contribution in [3.8, 4) is 0 Å². The van der Waals surface area contributed by atoms with Gasteiger partial charge in [0.15, 0.2) is 0 Å². The molecular formula is C30H37N5O4S. The SMILES string of the molecule is CN(C)NC(=O)c1ccc2c(ccn2CCC(C)(C)NC[C@H](O)c2cccc(NS(=O)(=O)c3ccccc3)c2)c1. The maximum Gasteiger partial charge on any atom is 0.265 e. The number of fused-ring (bicyclic) bond motifs is 1. The molecule has 0 radical (unpaired) electrons. The van der Waals surface area contributed by atoms with Gasteiger partial charge in [-0.3, -0.25) is 14.9 Å². The molecule has 0 saturated heterocycles. The summed E-state index contributed by atoms with van der Waals surface area (Å²) in [6.45, 7) is 5.22. The lowest BCUT2D eigenvalue weighted by Crippen LogP contribution is -2.42. The molecule has 1 amide bonds. The number of rotatable bonds is 12. The molecule has 0 bridgehead atoms. The van der Waals surface area contributed by atoms with Crippen LogP contribution in [0.2, 0.25) is 0 Å². The number of hydrogen-bond donors (Lipinski definition) is 4. The average molecular weight is 564 g/mol. The van der Waals surface area contributed by atoms with Crippen molar-refractivity contribution in [2.75, 3.05) is 25.4 Å². The van der Waals surface area contributed by atoms with Crippen molar-refractivity contribution in [2.24, 2.45) is 0 Å². The van der Waals surface area contributed by atoms with E-state index in [1.165, 1.54) is 12.1 Å². The normalized spacial score (nSPS) is 12.9. The van der Waals surface area contributed by atoms with Crippen LogP contribution in [0.4, 0.5) is 5.69 Å². The molecule has 1 aromatic heterocycles. The number of nitrogens with zero attached hydrogens (tertiary/aromatic N) is 2. The number of carbonyl (C=O) groups is 1. The van der Waals surface area contributed by atoms with Crippen LogP contribution in [0.5, 0.6) is 0 Å². The second kappa shape index (κ2) is 12.2. The minimum atomic E-state index is -3.72. The fraction of sp³-hybridized carbons (Fsp3) is 0.300. The summed E-state index contributed by atoms with van der Waals surface area (Å²) in [6.07, 6.45) is 1.99. The van der Waals surface area contributed by atoms with E-state index in [-0.39, 0.29) is 16.3 Å². The van der Waals surface area contributed by atoms with Crippen LogP contribution in [0.15, 0.2) is 90.0 Å². The molecule has 4 N–H and O–H groups in total. The lowest BCUT2D eigenvalue weighted by Gasteiger charge is -2.28. The van der Waals surface area contributed by atoms with Gasteiger partial charge in [-0.2, -0.15) is 0 Å². The summed E-state index contributed by atoms with van der Waals surface area (Å²) >= 11 is 0. The number of amides is 1. The summed E-state index contributed by atoms with van der Waals surface area (Å²) in [7, 11) is -0.172. The number of β-amino-alcohol motifs (C(OH)–C–C–N with tert-alkyl or cyclic N) is 1. The Bertz CT molecular complexity index is 1570. The molecule has 0 saturated carbocycles. The highest BCUT2D eigenvalue weighted by molar-refractivity contribution is 7.92. The maximum absolute atomic E-state index is 12.7. The molecule has 0 fully saturated rings. The van der Waals surface area contributed by atoms with E-state index >= 15 is 0 Å². The molecule has 212 valence electrons. The number of nitrogens with one attached hydrogen (secondary N) is 3. The third-order valence-corrected chi connectivity index (χ3v) is 8.08. The molecule has 0 unspecified atom stereocenters. The van der Waals surface area contributed by atoms with Crippen LogP contribution in [0.25, 0.3) is 10.9 Å². The minimum Gasteiger partial charge on any atom is -0.387 e. The number of aliphatic hydroxyl groups excluding tert-OH is 1. The first-order valence-corrected chi connectivity index (χ1v) is 14.6. The molecule has 4 aromatic rings. The van der Waals surface area contributed by atoms with E-state index in [9.17, 15) is 18.3 Å². The smallest absolute Gasteiger partial charge is 0.265 e. The summed E-state index contributed by atoms with van der Waals surface area (Å²) in [5, 5.41) is 16.9. The molecule has 0 aliphatic carbocycles. The highest BCUT2D eigenvalue weighted by atomic mass is 32.2. The average Bonchev–Trinajstić information content (AvgIpc) is 3.33. The lowest BCUT2D eigenvalue weighted by molar-refractivity contribution is 0.0857. The van der Waals surface area contributed by atoms with Crippen molar-refractivity contribution in [3.63, 3.8) is 0 Å². The van der Waals surface area contributed by atoms with Crippen molar-refractivity contribution < 1.29 is 18.3 Å². The van der Waals surface area contributed by atoms with Crippen LogP contribution in [0.3, 0.4) is 0 Å². The number of hydrogen-bond acceptors (Lipinski definition) is 6. The van der Waals surface area contributed by atoms with Gasteiger partial charge in [-0.25, -0.2) is 13.4 Å². The first kappa shape index (κ1) is 29.3. The summed E-state index contributed by atoms with van der Waals surface area (Å²) in [5.41, 5.74) is 5.13. The van der Waals surface area contributed by atoms with Gasteiger partial charge in [-0.05, 0) is 74.4 Å². The monoisotopic (exact) mass is 563 g/mol. The molecule has 0 aliphatic rings. The van der Waals surface area contributed by atoms with Crippen LogP contribution in [-0.2, 0) is 16.6 Å². The van der Waals surface area contributed by atoms with Gasteiger partial charge in [0.1, 0.15) is 0 Å². The highest BCUT2D eigenvalue weighted by Crippen LogP contribution is 2.23. The van der Waals surface area contributed by atoms with Crippen molar-refractivity contribution in [1.82, 2.24) is 20.3 Å². The summed E-state index contributed by atoms with van der Waals surface area (Å²) in [5.74, 6) is -0.150. The van der Waals surface area contributed by atoms with Gasteiger partial charge in [-0.1, -0.05) is 30.3 Å². The van der Waals surface area contributed by atoms with Gasteiger partial charge in [0.2, 0.25) is 0 Å². The Morgan fingerprint density at radius 1 is 1.00 bits per heavy atom. The van der Waals surface area contributed by atoms with Crippen molar-refractivity contribution in [2.45, 2.75) is 43.4 Å². The van der Waals surface area contributed by atoms with E-state index in [0.29, 0.717) is 23.4 Å². The Morgan fingerprint density at radius 3 is 2.48 bits per heavy atom. The first-order valence-electron chi connectivity index (χ1n) is 13.1. The Morgan fingerprint density at radius 2 is 1.75 bits per heavy atom. The number of aryl methyl sites for hydroxylation is 1. The van der Waals surface area contributed by atoms with Crippen molar-refractivity contribution >= 4 is 32.5 Å². The quantitative estimate of drug-likeness (QED) is 0.193.